The second kappa shape index (κ2) is 10.8. The van der Waals surface area contributed by atoms with Crippen molar-refractivity contribution >= 4 is 11.5 Å². The number of morpholine rings is 1. The van der Waals surface area contributed by atoms with E-state index >= 15 is 0 Å². The first-order chi connectivity index (χ1) is 15.4. The van der Waals surface area contributed by atoms with Gasteiger partial charge in [0.05, 0.1) is 6.61 Å². The van der Waals surface area contributed by atoms with Gasteiger partial charge in [-0.25, -0.2) is 13.8 Å². The van der Waals surface area contributed by atoms with E-state index in [4.69, 9.17) is 19.6 Å². The van der Waals surface area contributed by atoms with Crippen LogP contribution in [0.3, 0.4) is 0 Å². The normalized spacial score (nSPS) is 17.3. The number of oxazole rings is 1. The first-order valence-corrected chi connectivity index (χ1v) is 10.2. The highest BCUT2D eigenvalue weighted by atomic mass is 19.1. The average molecular weight is 445 g/mol. The third kappa shape index (κ3) is 5.68. The van der Waals surface area contributed by atoms with Gasteiger partial charge in [-0.1, -0.05) is 19.6 Å². The molecule has 1 unspecified atom stereocenters. The van der Waals surface area contributed by atoms with Crippen molar-refractivity contribution in [3.63, 3.8) is 0 Å². The van der Waals surface area contributed by atoms with Gasteiger partial charge in [0.1, 0.15) is 35.7 Å². The fourth-order valence-electron chi connectivity index (χ4n) is 3.06. The Hall–Kier alpha value is -3.30. The van der Waals surface area contributed by atoms with Gasteiger partial charge in [0.25, 0.3) is 5.91 Å². The van der Waals surface area contributed by atoms with E-state index in [2.05, 4.69) is 16.9 Å². The fourth-order valence-corrected chi connectivity index (χ4v) is 3.06. The number of rotatable bonds is 9. The van der Waals surface area contributed by atoms with Crippen molar-refractivity contribution in [2.75, 3.05) is 26.3 Å². The lowest BCUT2D eigenvalue weighted by atomic mass is 10.1. The van der Waals surface area contributed by atoms with E-state index < -0.39 is 29.0 Å². The van der Waals surface area contributed by atoms with E-state index in [0.29, 0.717) is 37.5 Å². The molecule has 0 aliphatic carbocycles. The van der Waals surface area contributed by atoms with Crippen LogP contribution in [0.5, 0.6) is 5.75 Å². The molecule has 1 aromatic carbocycles. The van der Waals surface area contributed by atoms with Crippen molar-refractivity contribution in [3.05, 3.63) is 66.2 Å². The Morgan fingerprint density at radius 2 is 2.12 bits per heavy atom. The van der Waals surface area contributed by atoms with E-state index in [1.165, 1.54) is 6.08 Å². The molecule has 0 bridgehead atoms. The molecule has 1 aromatic heterocycles. The van der Waals surface area contributed by atoms with Crippen molar-refractivity contribution < 1.29 is 27.5 Å². The third-order valence-electron chi connectivity index (χ3n) is 4.64. The number of carbonyl (C=O) groups excluding carboxylic acids is 1. The van der Waals surface area contributed by atoms with E-state index in [-0.39, 0.29) is 17.6 Å². The topological polar surface area (TPSA) is 99.6 Å². The summed E-state index contributed by atoms with van der Waals surface area (Å²) in [6.45, 7) is 7.48. The molecule has 0 saturated carbocycles. The van der Waals surface area contributed by atoms with Crippen molar-refractivity contribution in [1.29, 1.82) is 0 Å². The second-order valence-corrected chi connectivity index (χ2v) is 7.03. The monoisotopic (exact) mass is 445 g/mol. The number of nitrogens with two attached hydrogens (primary N) is 1. The Balaban J connectivity index is 1.87. The maximum atomic E-state index is 14.5. The summed E-state index contributed by atoms with van der Waals surface area (Å²) in [5.74, 6) is -2.77. The number of halogens is 2. The van der Waals surface area contributed by atoms with E-state index in [1.54, 1.807) is 31.2 Å². The van der Waals surface area contributed by atoms with Crippen molar-refractivity contribution in [1.82, 2.24) is 10.3 Å². The highest BCUT2D eigenvalue weighted by Gasteiger charge is 2.25. The van der Waals surface area contributed by atoms with Gasteiger partial charge < -0.3 is 24.9 Å². The van der Waals surface area contributed by atoms with Crippen molar-refractivity contribution in [2.24, 2.45) is 5.73 Å². The van der Waals surface area contributed by atoms with Gasteiger partial charge in [-0.2, -0.15) is 0 Å². The Labute approximate surface area is 184 Å². The minimum atomic E-state index is -1.09. The molecule has 7 nitrogen and oxygen atoms in total. The fraction of sp³-hybridized carbons (Fsp3) is 0.304. The summed E-state index contributed by atoms with van der Waals surface area (Å²) in [6, 6.07) is 6.61. The zero-order valence-electron chi connectivity index (χ0n) is 17.7. The molecule has 1 aliphatic heterocycles. The zero-order valence-corrected chi connectivity index (χ0v) is 17.7. The molecule has 2 aromatic rings. The largest absolute Gasteiger partial charge is 0.491 e. The molecular weight excluding hydrogens is 420 g/mol. The van der Waals surface area contributed by atoms with E-state index in [1.807, 2.05) is 0 Å². The summed E-state index contributed by atoms with van der Waals surface area (Å²) in [6.07, 6.45) is 3.09. The molecule has 9 heteroatoms. The molecule has 1 saturated heterocycles. The van der Waals surface area contributed by atoms with Crippen LogP contribution < -0.4 is 15.8 Å². The Bertz CT molecular complexity index is 1020. The second-order valence-electron chi connectivity index (χ2n) is 7.03. The molecule has 1 aliphatic rings. The molecule has 0 spiro atoms. The number of nitrogens with one attached hydrogen (secondary N) is 1. The number of nitrogens with zero attached hydrogens (tertiary/aromatic N) is 1. The smallest absolute Gasteiger partial charge is 0.271 e. The average Bonchev–Trinajstić information content (AvgIpc) is 3.22. The van der Waals surface area contributed by atoms with Gasteiger partial charge in [-0.15, -0.1) is 0 Å². The maximum absolute atomic E-state index is 14.5. The number of allylic oxidation sites excluding steroid dienone is 5. The third-order valence-corrected chi connectivity index (χ3v) is 4.64. The van der Waals surface area contributed by atoms with Gasteiger partial charge >= 0.3 is 0 Å². The first-order valence-electron chi connectivity index (χ1n) is 10.2. The molecular formula is C23H25F2N3O4. The van der Waals surface area contributed by atoms with E-state index in [9.17, 15) is 13.6 Å². The summed E-state index contributed by atoms with van der Waals surface area (Å²) in [5.41, 5.74) is 5.02. The lowest BCUT2D eigenvalue weighted by Gasteiger charge is -2.23. The van der Waals surface area contributed by atoms with Crippen LogP contribution in [0.2, 0.25) is 0 Å². The zero-order chi connectivity index (χ0) is 23.1. The number of amides is 1. The molecule has 2 heterocycles. The highest BCUT2D eigenvalue weighted by Crippen LogP contribution is 2.33. The van der Waals surface area contributed by atoms with Crippen LogP contribution in [0.4, 0.5) is 8.78 Å². The molecule has 0 radical (unpaired) electrons. The van der Waals surface area contributed by atoms with Gasteiger partial charge in [0.15, 0.2) is 11.5 Å². The van der Waals surface area contributed by atoms with Crippen LogP contribution in [-0.4, -0.2) is 43.3 Å². The van der Waals surface area contributed by atoms with Crippen LogP contribution in [0.1, 0.15) is 29.7 Å². The molecule has 1 amide bonds. The number of ether oxygens (including phenoxy) is 2. The lowest BCUT2D eigenvalue weighted by Crippen LogP contribution is -2.41. The number of benzene rings is 1. The summed E-state index contributed by atoms with van der Waals surface area (Å²) in [4.78, 5) is 15.8. The number of hydrogen-bond donors (Lipinski definition) is 2. The quantitative estimate of drug-likeness (QED) is 0.568. The van der Waals surface area contributed by atoms with E-state index in [0.717, 1.165) is 12.6 Å². The highest BCUT2D eigenvalue weighted by molar-refractivity contribution is 5.97. The van der Waals surface area contributed by atoms with Gasteiger partial charge in [-0.3, -0.25) is 4.79 Å². The molecule has 1 fully saturated rings. The summed E-state index contributed by atoms with van der Waals surface area (Å²) in [5, 5.41) is 3.22. The number of hydrogen-bond acceptors (Lipinski definition) is 6. The predicted molar refractivity (Wildman–Crippen MR) is 116 cm³/mol. The van der Waals surface area contributed by atoms with Crippen LogP contribution in [0, 0.1) is 0 Å². The van der Waals surface area contributed by atoms with Crippen LogP contribution in [0.15, 0.2) is 59.1 Å². The lowest BCUT2D eigenvalue weighted by molar-refractivity contribution is 0.000197. The molecule has 3 rings (SSSR count). The molecule has 1 atom stereocenters. The van der Waals surface area contributed by atoms with Gasteiger partial charge in [0.2, 0.25) is 5.89 Å². The molecule has 170 valence electrons. The Morgan fingerprint density at radius 1 is 1.38 bits per heavy atom. The first kappa shape index (κ1) is 23.4. The minimum Gasteiger partial charge on any atom is -0.491 e. The van der Waals surface area contributed by atoms with Gasteiger partial charge in [0, 0.05) is 18.7 Å². The van der Waals surface area contributed by atoms with Gasteiger partial charge in [-0.05, 0) is 36.8 Å². The van der Waals surface area contributed by atoms with Crippen molar-refractivity contribution in [3.8, 4) is 17.1 Å². The number of aromatic nitrogens is 1. The van der Waals surface area contributed by atoms with Crippen LogP contribution >= 0.6 is 0 Å². The minimum absolute atomic E-state index is 0.00937. The standard InChI is InChI=1S/C23H25F2N3O4/c1-3-4-5-18(25)19(14(2)24)23-28-20(22(26)29)21(32-23)15-6-8-16(9-7-15)31-13-17-12-27-10-11-30-17/h4-9,17,27H,2-3,10-13H2,1H3,(H2,26,29). The summed E-state index contributed by atoms with van der Waals surface area (Å²) >= 11 is 0. The summed E-state index contributed by atoms with van der Waals surface area (Å²) in [7, 11) is 0. The number of carbonyl (C=O) groups is 1. The summed E-state index contributed by atoms with van der Waals surface area (Å²) < 4.78 is 45.3. The Kier molecular flexibility index (Phi) is 7.91. The molecule has 32 heavy (non-hydrogen) atoms. The van der Waals surface area contributed by atoms with Crippen LogP contribution in [0.25, 0.3) is 16.9 Å². The maximum Gasteiger partial charge on any atom is 0.271 e. The number of primary amides is 1. The molecule has 3 N–H and O–H groups in total. The van der Waals surface area contributed by atoms with Crippen LogP contribution in [-0.2, 0) is 4.74 Å². The Morgan fingerprint density at radius 3 is 2.72 bits per heavy atom. The van der Waals surface area contributed by atoms with Crippen molar-refractivity contribution in [2.45, 2.75) is 19.4 Å². The predicted octanol–water partition coefficient (Wildman–Crippen LogP) is 3.94. The SMILES string of the molecule is C=C(F)C(=C(F)C=CCC)c1nc(C(N)=O)c(-c2ccc(OCC3CNCCO3)cc2)o1.